The fraction of sp³-hybridized carbons (Fsp3) is 0.647. The molecule has 0 amide bonds. The third-order valence-electron chi connectivity index (χ3n) is 4.15. The molecule has 1 fully saturated rings. The lowest BCUT2D eigenvalue weighted by atomic mass is 9.91. The molecule has 1 saturated carbocycles. The fourth-order valence-electron chi connectivity index (χ4n) is 3.03. The van der Waals surface area contributed by atoms with Crippen LogP contribution in [0.15, 0.2) is 24.3 Å². The Hall–Kier alpha value is -0.490. The van der Waals surface area contributed by atoms with E-state index in [1.54, 1.807) is 0 Å². The predicted molar refractivity (Wildman–Crippen MR) is 80.2 cm³/mol. The number of halogens is 1. The van der Waals surface area contributed by atoms with Gasteiger partial charge < -0.3 is 0 Å². The first kappa shape index (κ1) is 13.9. The molecular formula is C17H25Cl. The smallest absolute Gasteiger partial charge is 0.0613 e. The van der Waals surface area contributed by atoms with Gasteiger partial charge >= 0.3 is 0 Å². The van der Waals surface area contributed by atoms with Gasteiger partial charge in [0.2, 0.25) is 0 Å². The van der Waals surface area contributed by atoms with Gasteiger partial charge in [-0.1, -0.05) is 63.3 Å². The van der Waals surface area contributed by atoms with Crippen molar-refractivity contribution in [1.29, 1.82) is 0 Å². The quantitative estimate of drug-likeness (QED) is 0.470. The van der Waals surface area contributed by atoms with Crippen LogP contribution in [-0.2, 0) is 6.42 Å². The van der Waals surface area contributed by atoms with Crippen molar-refractivity contribution < 1.29 is 0 Å². The maximum atomic E-state index is 6.69. The lowest BCUT2D eigenvalue weighted by molar-refractivity contribution is 0.445. The van der Waals surface area contributed by atoms with Crippen molar-refractivity contribution in [3.05, 3.63) is 35.4 Å². The number of benzene rings is 1. The summed E-state index contributed by atoms with van der Waals surface area (Å²) in [7, 11) is 0. The molecule has 1 unspecified atom stereocenters. The summed E-state index contributed by atoms with van der Waals surface area (Å²) in [6, 6.07) is 9.00. The van der Waals surface area contributed by atoms with Crippen molar-refractivity contribution in [2.45, 2.75) is 63.7 Å². The molecule has 100 valence electrons. The maximum Gasteiger partial charge on any atom is 0.0613 e. The second-order valence-electron chi connectivity index (χ2n) is 5.64. The van der Waals surface area contributed by atoms with E-state index in [1.807, 2.05) is 0 Å². The minimum absolute atomic E-state index is 0.221. The molecule has 1 atom stereocenters. The summed E-state index contributed by atoms with van der Waals surface area (Å²) in [5, 5.41) is 0.221. The van der Waals surface area contributed by atoms with Crippen molar-refractivity contribution in [3.63, 3.8) is 0 Å². The summed E-state index contributed by atoms with van der Waals surface area (Å²) in [5.41, 5.74) is 2.76. The van der Waals surface area contributed by atoms with E-state index in [-0.39, 0.29) is 5.38 Å². The standard InChI is InChI=1S/C17H25Cl/c1-2-7-14-10-12-16(13-11-14)17(18)15-8-5-3-4-6-9-15/h10-13,15,17H,2-9H2,1H3. The first-order valence-electron chi connectivity index (χ1n) is 7.54. The summed E-state index contributed by atoms with van der Waals surface area (Å²) in [6.07, 6.45) is 10.5. The Balaban J connectivity index is 2.00. The first-order valence-corrected chi connectivity index (χ1v) is 7.98. The van der Waals surface area contributed by atoms with Crippen molar-refractivity contribution in [3.8, 4) is 0 Å². The second kappa shape index (κ2) is 7.19. The summed E-state index contributed by atoms with van der Waals surface area (Å²) >= 11 is 6.69. The molecular weight excluding hydrogens is 240 g/mol. The first-order chi connectivity index (χ1) is 8.81. The summed E-state index contributed by atoms with van der Waals surface area (Å²) in [4.78, 5) is 0. The zero-order chi connectivity index (χ0) is 12.8. The molecule has 1 aromatic carbocycles. The average Bonchev–Trinajstić information content (AvgIpc) is 2.68. The molecule has 1 heteroatoms. The molecule has 0 bridgehead atoms. The van der Waals surface area contributed by atoms with Crippen LogP contribution in [0, 0.1) is 5.92 Å². The van der Waals surface area contributed by atoms with Crippen molar-refractivity contribution in [1.82, 2.24) is 0 Å². The average molecular weight is 265 g/mol. The number of rotatable bonds is 4. The van der Waals surface area contributed by atoms with Gasteiger partial charge in [-0.3, -0.25) is 0 Å². The molecule has 0 saturated heterocycles. The highest BCUT2D eigenvalue weighted by Crippen LogP contribution is 2.37. The molecule has 0 N–H and O–H groups in total. The number of alkyl halides is 1. The third kappa shape index (κ3) is 3.75. The number of aryl methyl sites for hydroxylation is 1. The Morgan fingerprint density at radius 2 is 1.67 bits per heavy atom. The molecule has 1 aliphatic rings. The van der Waals surface area contributed by atoms with Gasteiger partial charge in [0, 0.05) is 0 Å². The Morgan fingerprint density at radius 3 is 2.22 bits per heavy atom. The molecule has 0 heterocycles. The van der Waals surface area contributed by atoms with Gasteiger partial charge in [-0.25, -0.2) is 0 Å². The van der Waals surface area contributed by atoms with Gasteiger partial charge in [0.05, 0.1) is 5.38 Å². The highest BCUT2D eigenvalue weighted by atomic mass is 35.5. The number of hydrogen-bond donors (Lipinski definition) is 0. The second-order valence-corrected chi connectivity index (χ2v) is 6.12. The predicted octanol–water partition coefficient (Wildman–Crippen LogP) is 5.89. The summed E-state index contributed by atoms with van der Waals surface area (Å²) in [6.45, 7) is 2.23. The molecule has 1 aliphatic carbocycles. The van der Waals surface area contributed by atoms with Crippen molar-refractivity contribution >= 4 is 11.6 Å². The van der Waals surface area contributed by atoms with E-state index in [1.165, 1.54) is 62.5 Å². The van der Waals surface area contributed by atoms with Gasteiger partial charge in [0.25, 0.3) is 0 Å². The Labute approximate surface area is 117 Å². The van der Waals surface area contributed by atoms with E-state index < -0.39 is 0 Å². The lowest BCUT2D eigenvalue weighted by Gasteiger charge is -2.21. The van der Waals surface area contributed by atoms with Crippen LogP contribution in [0.25, 0.3) is 0 Å². The SMILES string of the molecule is CCCc1ccc(C(Cl)C2CCCCCC2)cc1. The molecule has 0 aromatic heterocycles. The maximum absolute atomic E-state index is 6.69. The Kier molecular flexibility index (Phi) is 5.56. The molecule has 0 radical (unpaired) electrons. The van der Waals surface area contributed by atoms with Gasteiger partial charge in [0.1, 0.15) is 0 Å². The van der Waals surface area contributed by atoms with E-state index in [0.29, 0.717) is 5.92 Å². The molecule has 0 nitrogen and oxygen atoms in total. The van der Waals surface area contributed by atoms with E-state index in [2.05, 4.69) is 31.2 Å². The minimum atomic E-state index is 0.221. The zero-order valence-corrected chi connectivity index (χ0v) is 12.3. The van der Waals surface area contributed by atoms with Gasteiger partial charge in [-0.15, -0.1) is 11.6 Å². The highest BCUT2D eigenvalue weighted by molar-refractivity contribution is 6.21. The van der Waals surface area contributed by atoms with Crippen LogP contribution in [0.1, 0.15) is 68.4 Å². The Bertz CT molecular complexity index is 333. The molecule has 18 heavy (non-hydrogen) atoms. The van der Waals surface area contributed by atoms with Crippen LogP contribution in [-0.4, -0.2) is 0 Å². The minimum Gasteiger partial charge on any atom is -0.118 e. The van der Waals surface area contributed by atoms with Gasteiger partial charge in [-0.05, 0) is 36.3 Å². The largest absolute Gasteiger partial charge is 0.118 e. The highest BCUT2D eigenvalue weighted by Gasteiger charge is 2.22. The Morgan fingerprint density at radius 1 is 1.06 bits per heavy atom. The molecule has 0 spiro atoms. The van der Waals surface area contributed by atoms with E-state index in [0.717, 1.165) is 0 Å². The van der Waals surface area contributed by atoms with Gasteiger partial charge in [0.15, 0.2) is 0 Å². The van der Waals surface area contributed by atoms with E-state index >= 15 is 0 Å². The summed E-state index contributed by atoms with van der Waals surface area (Å²) in [5.74, 6) is 0.686. The van der Waals surface area contributed by atoms with Crippen molar-refractivity contribution in [2.24, 2.45) is 5.92 Å². The zero-order valence-electron chi connectivity index (χ0n) is 11.5. The fourth-order valence-corrected chi connectivity index (χ4v) is 3.43. The normalized spacial score (nSPS) is 19.4. The number of hydrogen-bond acceptors (Lipinski definition) is 0. The third-order valence-corrected chi connectivity index (χ3v) is 4.76. The summed E-state index contributed by atoms with van der Waals surface area (Å²) < 4.78 is 0. The molecule has 2 rings (SSSR count). The van der Waals surface area contributed by atoms with Crippen LogP contribution < -0.4 is 0 Å². The van der Waals surface area contributed by atoms with Crippen LogP contribution in [0.2, 0.25) is 0 Å². The van der Waals surface area contributed by atoms with E-state index in [4.69, 9.17) is 11.6 Å². The van der Waals surface area contributed by atoms with Crippen LogP contribution in [0.3, 0.4) is 0 Å². The molecule has 1 aromatic rings. The lowest BCUT2D eigenvalue weighted by Crippen LogP contribution is -2.07. The van der Waals surface area contributed by atoms with Crippen LogP contribution in [0.5, 0.6) is 0 Å². The van der Waals surface area contributed by atoms with E-state index in [9.17, 15) is 0 Å². The van der Waals surface area contributed by atoms with Crippen LogP contribution >= 0.6 is 11.6 Å². The monoisotopic (exact) mass is 264 g/mol. The van der Waals surface area contributed by atoms with Gasteiger partial charge in [-0.2, -0.15) is 0 Å². The molecule has 0 aliphatic heterocycles. The van der Waals surface area contributed by atoms with Crippen LogP contribution in [0.4, 0.5) is 0 Å². The van der Waals surface area contributed by atoms with Crippen molar-refractivity contribution in [2.75, 3.05) is 0 Å². The topological polar surface area (TPSA) is 0 Å².